The van der Waals surface area contributed by atoms with Crippen molar-refractivity contribution < 1.29 is 39.8 Å². The quantitative estimate of drug-likeness (QED) is 0.276. The molecule has 0 amide bonds. The zero-order valence-electron chi connectivity index (χ0n) is 9.42. The van der Waals surface area contributed by atoms with Gasteiger partial charge >= 0.3 is 5.97 Å². The Hall–Kier alpha value is -0.810. The van der Waals surface area contributed by atoms with Gasteiger partial charge in [-0.15, -0.1) is 0 Å². The molecule has 1 saturated heterocycles. The first-order valence-electron chi connectivity index (χ1n) is 5.29. The number of carbonyl (C=O) groups is 1. The number of aliphatic hydroxyl groups excluding tert-OH is 5. The molecule has 18 heavy (non-hydrogen) atoms. The maximum Gasteiger partial charge on any atom is 0.327 e. The average molecular weight is 267 g/mol. The van der Waals surface area contributed by atoms with E-state index in [1.165, 1.54) is 0 Å². The SMILES string of the molecule is N[C@@H](CO)C(=O)OC1O[C@H](CO)[C@@H](O)[C@H](O)[C@H]1O. The number of hydrogen-bond acceptors (Lipinski definition) is 9. The van der Waals surface area contributed by atoms with Gasteiger partial charge < -0.3 is 40.7 Å². The number of hydrogen-bond donors (Lipinski definition) is 6. The van der Waals surface area contributed by atoms with Crippen LogP contribution in [0.15, 0.2) is 0 Å². The second-order valence-electron chi connectivity index (χ2n) is 3.92. The first-order chi connectivity index (χ1) is 8.42. The smallest absolute Gasteiger partial charge is 0.327 e. The molecular weight excluding hydrogens is 250 g/mol. The fourth-order valence-corrected chi connectivity index (χ4v) is 1.44. The van der Waals surface area contributed by atoms with Gasteiger partial charge in [-0.2, -0.15) is 0 Å². The Morgan fingerprint density at radius 1 is 1.22 bits per heavy atom. The second-order valence-corrected chi connectivity index (χ2v) is 3.92. The van der Waals surface area contributed by atoms with E-state index in [4.69, 9.17) is 20.7 Å². The van der Waals surface area contributed by atoms with Crippen LogP contribution in [-0.2, 0) is 14.3 Å². The number of ether oxygens (including phenoxy) is 2. The summed E-state index contributed by atoms with van der Waals surface area (Å²) < 4.78 is 9.53. The standard InChI is InChI=1S/C9H17NO8/c10-3(1-11)8(16)18-9-7(15)6(14)5(13)4(2-12)17-9/h3-7,9,11-15H,1-2,10H2/t3-,4+,5+,6-,7+,9?/m0/s1. The largest absolute Gasteiger partial charge is 0.432 e. The predicted octanol–water partition coefficient (Wildman–Crippen LogP) is -4.35. The minimum atomic E-state index is -1.68. The van der Waals surface area contributed by atoms with E-state index < -0.39 is 55.9 Å². The van der Waals surface area contributed by atoms with Crippen molar-refractivity contribution in [2.24, 2.45) is 5.73 Å². The van der Waals surface area contributed by atoms with Gasteiger partial charge in [-0.3, -0.25) is 4.79 Å². The fourth-order valence-electron chi connectivity index (χ4n) is 1.44. The van der Waals surface area contributed by atoms with E-state index in [9.17, 15) is 20.1 Å². The van der Waals surface area contributed by atoms with Crippen molar-refractivity contribution in [2.45, 2.75) is 36.7 Å². The lowest BCUT2D eigenvalue weighted by Gasteiger charge is -2.39. The molecule has 9 nitrogen and oxygen atoms in total. The molecule has 1 aliphatic rings. The summed E-state index contributed by atoms with van der Waals surface area (Å²) in [4.78, 5) is 11.3. The van der Waals surface area contributed by atoms with Crippen molar-refractivity contribution >= 4 is 5.97 Å². The van der Waals surface area contributed by atoms with Crippen LogP contribution in [0.3, 0.4) is 0 Å². The number of carbonyl (C=O) groups excluding carboxylic acids is 1. The lowest BCUT2D eigenvalue weighted by Crippen LogP contribution is -2.60. The minimum Gasteiger partial charge on any atom is -0.432 e. The van der Waals surface area contributed by atoms with Gasteiger partial charge in [0.15, 0.2) is 0 Å². The summed E-state index contributed by atoms with van der Waals surface area (Å²) in [5.74, 6) is -1.04. The van der Waals surface area contributed by atoms with Crippen LogP contribution in [0, 0.1) is 0 Å². The van der Waals surface area contributed by atoms with Crippen molar-refractivity contribution in [3.05, 3.63) is 0 Å². The van der Waals surface area contributed by atoms with Gasteiger partial charge in [0.05, 0.1) is 13.2 Å². The Morgan fingerprint density at radius 3 is 2.33 bits per heavy atom. The van der Waals surface area contributed by atoms with Gasteiger partial charge in [0.2, 0.25) is 6.29 Å². The van der Waals surface area contributed by atoms with Crippen LogP contribution in [0.2, 0.25) is 0 Å². The Kier molecular flexibility index (Phi) is 5.41. The van der Waals surface area contributed by atoms with Gasteiger partial charge in [0, 0.05) is 0 Å². The monoisotopic (exact) mass is 267 g/mol. The molecule has 0 aromatic rings. The summed E-state index contributed by atoms with van der Waals surface area (Å²) >= 11 is 0. The summed E-state index contributed by atoms with van der Waals surface area (Å²) in [6.45, 7) is -1.29. The zero-order chi connectivity index (χ0) is 13.9. The van der Waals surface area contributed by atoms with Gasteiger partial charge in [0.1, 0.15) is 30.5 Å². The highest BCUT2D eigenvalue weighted by Crippen LogP contribution is 2.22. The molecule has 0 aliphatic carbocycles. The zero-order valence-corrected chi connectivity index (χ0v) is 9.42. The molecule has 7 N–H and O–H groups in total. The third kappa shape index (κ3) is 3.14. The fraction of sp³-hybridized carbons (Fsp3) is 0.889. The van der Waals surface area contributed by atoms with Crippen LogP contribution >= 0.6 is 0 Å². The van der Waals surface area contributed by atoms with E-state index >= 15 is 0 Å². The molecular formula is C9H17NO8. The minimum absolute atomic E-state index is 0.634. The molecule has 6 atom stereocenters. The third-order valence-corrected chi connectivity index (χ3v) is 2.58. The van der Waals surface area contributed by atoms with Gasteiger partial charge in [-0.25, -0.2) is 0 Å². The first kappa shape index (κ1) is 15.2. The first-order valence-corrected chi connectivity index (χ1v) is 5.29. The van der Waals surface area contributed by atoms with Crippen molar-refractivity contribution in [2.75, 3.05) is 13.2 Å². The molecule has 9 heteroatoms. The molecule has 0 spiro atoms. The summed E-state index contributed by atoms with van der Waals surface area (Å²) in [6.07, 6.45) is -7.61. The molecule has 1 aliphatic heterocycles. The Bertz CT molecular complexity index is 286. The van der Waals surface area contributed by atoms with Gasteiger partial charge in [-0.05, 0) is 0 Å². The summed E-state index contributed by atoms with van der Waals surface area (Å²) in [5, 5.41) is 45.9. The summed E-state index contributed by atoms with van der Waals surface area (Å²) in [6, 6.07) is -1.31. The van der Waals surface area contributed by atoms with Crippen LogP contribution in [0.1, 0.15) is 0 Å². The Morgan fingerprint density at radius 2 is 1.83 bits per heavy atom. The van der Waals surface area contributed by atoms with Crippen LogP contribution in [0.5, 0.6) is 0 Å². The summed E-state index contributed by atoms with van der Waals surface area (Å²) in [7, 11) is 0. The Balaban J connectivity index is 2.67. The van der Waals surface area contributed by atoms with E-state index in [0.29, 0.717) is 0 Å². The summed E-state index contributed by atoms with van der Waals surface area (Å²) in [5.41, 5.74) is 5.19. The van der Waals surface area contributed by atoms with E-state index in [0.717, 1.165) is 0 Å². The molecule has 0 bridgehead atoms. The number of esters is 1. The highest BCUT2D eigenvalue weighted by molar-refractivity contribution is 5.75. The highest BCUT2D eigenvalue weighted by Gasteiger charge is 2.45. The lowest BCUT2D eigenvalue weighted by molar-refractivity contribution is -0.293. The van der Waals surface area contributed by atoms with E-state index in [2.05, 4.69) is 4.74 Å². The van der Waals surface area contributed by atoms with Crippen molar-refractivity contribution in [3.8, 4) is 0 Å². The second kappa shape index (κ2) is 6.38. The predicted molar refractivity (Wildman–Crippen MR) is 54.9 cm³/mol. The van der Waals surface area contributed by atoms with Crippen LogP contribution in [0.4, 0.5) is 0 Å². The van der Waals surface area contributed by atoms with E-state index in [1.54, 1.807) is 0 Å². The van der Waals surface area contributed by atoms with Gasteiger partial charge in [-0.1, -0.05) is 0 Å². The molecule has 1 rings (SSSR count). The van der Waals surface area contributed by atoms with E-state index in [1.807, 2.05) is 0 Å². The topological polar surface area (TPSA) is 163 Å². The van der Waals surface area contributed by atoms with Crippen LogP contribution in [-0.4, -0.2) is 81.5 Å². The normalized spacial score (nSPS) is 38.2. The van der Waals surface area contributed by atoms with Crippen LogP contribution in [0.25, 0.3) is 0 Å². The molecule has 1 unspecified atom stereocenters. The molecule has 1 fully saturated rings. The lowest BCUT2D eigenvalue weighted by atomic mass is 9.99. The van der Waals surface area contributed by atoms with Crippen molar-refractivity contribution in [1.82, 2.24) is 0 Å². The molecule has 0 aromatic carbocycles. The maximum atomic E-state index is 11.3. The van der Waals surface area contributed by atoms with Gasteiger partial charge in [0.25, 0.3) is 0 Å². The molecule has 106 valence electrons. The molecule has 0 aromatic heterocycles. The molecule has 0 saturated carbocycles. The van der Waals surface area contributed by atoms with E-state index in [-0.39, 0.29) is 0 Å². The average Bonchev–Trinajstić information content (AvgIpc) is 2.38. The maximum absolute atomic E-state index is 11.3. The molecule has 0 radical (unpaired) electrons. The highest BCUT2D eigenvalue weighted by atomic mass is 16.7. The van der Waals surface area contributed by atoms with Crippen molar-refractivity contribution in [1.29, 1.82) is 0 Å². The number of nitrogens with two attached hydrogens (primary N) is 1. The molecule has 1 heterocycles. The third-order valence-electron chi connectivity index (χ3n) is 2.58. The number of aliphatic hydroxyl groups is 5. The van der Waals surface area contributed by atoms with Crippen molar-refractivity contribution in [3.63, 3.8) is 0 Å². The van der Waals surface area contributed by atoms with Crippen LogP contribution < -0.4 is 5.73 Å². The Labute approximate surface area is 102 Å². The number of rotatable bonds is 4.